The minimum absolute atomic E-state index is 0.173. The lowest BCUT2D eigenvalue weighted by Gasteiger charge is -2.42. The quantitative estimate of drug-likeness (QED) is 0.0277. The number of hydrogen-bond donors (Lipinski definition) is 7. The van der Waals surface area contributed by atoms with Crippen LogP contribution in [0.5, 0.6) is 0 Å². The number of aliphatic hydroxyl groups excluding tert-OH is 7. The van der Waals surface area contributed by atoms with Crippen molar-refractivity contribution in [2.45, 2.75) is 261 Å². The van der Waals surface area contributed by atoms with Crippen molar-refractivity contribution in [2.24, 2.45) is 0 Å². The number of unbranched alkanes of at least 4 members (excludes halogenated alkanes) is 24. The average molecular weight is 893 g/mol. The number of ether oxygens (including phenoxy) is 6. The fourth-order valence-electron chi connectivity index (χ4n) is 7.98. The molecule has 0 radical (unpaired) electrons. The maximum atomic E-state index is 13.0. The van der Waals surface area contributed by atoms with Crippen LogP contribution in [-0.2, 0) is 38.0 Å². The molecule has 15 heteroatoms. The summed E-state index contributed by atoms with van der Waals surface area (Å²) in [4.78, 5) is 25.6. The zero-order valence-electron chi connectivity index (χ0n) is 38.4. The van der Waals surface area contributed by atoms with Crippen molar-refractivity contribution >= 4 is 11.9 Å². The molecule has 2 fully saturated rings. The summed E-state index contributed by atoms with van der Waals surface area (Å²) < 4.78 is 33.5. The fourth-order valence-corrected chi connectivity index (χ4v) is 7.98. The second-order valence-corrected chi connectivity index (χ2v) is 17.7. The van der Waals surface area contributed by atoms with E-state index < -0.39 is 92.7 Å². The van der Waals surface area contributed by atoms with E-state index in [-0.39, 0.29) is 26.1 Å². The van der Waals surface area contributed by atoms with Crippen LogP contribution in [-0.4, -0.2) is 142 Å². The number of esters is 2. The van der Waals surface area contributed by atoms with E-state index in [1.165, 1.54) is 116 Å². The van der Waals surface area contributed by atoms with Gasteiger partial charge in [-0.1, -0.05) is 168 Å². The van der Waals surface area contributed by atoms with Gasteiger partial charge in [0.15, 0.2) is 18.7 Å². The van der Waals surface area contributed by atoms with Crippen LogP contribution in [0.2, 0.25) is 0 Å². The lowest BCUT2D eigenvalue weighted by Crippen LogP contribution is -2.61. The molecule has 4 unspecified atom stereocenters. The maximum absolute atomic E-state index is 13.0. The Bertz CT molecular complexity index is 1100. The van der Waals surface area contributed by atoms with Crippen molar-refractivity contribution in [3.05, 3.63) is 0 Å². The van der Waals surface area contributed by atoms with Gasteiger partial charge < -0.3 is 64.2 Å². The highest BCUT2D eigenvalue weighted by Gasteiger charge is 2.47. The molecule has 2 heterocycles. The predicted octanol–water partition coefficient (Wildman–Crippen LogP) is 6.04. The van der Waals surface area contributed by atoms with Gasteiger partial charge in [0.25, 0.3) is 0 Å². The largest absolute Gasteiger partial charge is 0.462 e. The van der Waals surface area contributed by atoms with E-state index in [0.29, 0.717) is 12.8 Å². The highest BCUT2D eigenvalue weighted by Crippen LogP contribution is 2.26. The summed E-state index contributed by atoms with van der Waals surface area (Å²) in [5.41, 5.74) is 0. The van der Waals surface area contributed by atoms with Crippen LogP contribution in [0.15, 0.2) is 0 Å². The molecule has 0 aromatic carbocycles. The third kappa shape index (κ3) is 24.1. The van der Waals surface area contributed by atoms with Crippen molar-refractivity contribution in [3.8, 4) is 0 Å². The molecular formula is C47H88O15. The molecule has 0 amide bonds. The number of carbonyl (C=O) groups is 2. The van der Waals surface area contributed by atoms with Gasteiger partial charge in [-0.15, -0.1) is 0 Å². The molecule has 2 aliphatic rings. The summed E-state index contributed by atoms with van der Waals surface area (Å²) in [5, 5.41) is 71.9. The van der Waals surface area contributed by atoms with Gasteiger partial charge >= 0.3 is 11.9 Å². The molecule has 0 aliphatic carbocycles. The predicted molar refractivity (Wildman–Crippen MR) is 234 cm³/mol. The number of rotatable bonds is 38. The van der Waals surface area contributed by atoms with Gasteiger partial charge in [0, 0.05) is 12.8 Å². The second kappa shape index (κ2) is 35.7. The lowest BCUT2D eigenvalue weighted by atomic mass is 9.98. The van der Waals surface area contributed by atoms with Gasteiger partial charge in [-0.2, -0.15) is 0 Å². The van der Waals surface area contributed by atoms with Crippen molar-refractivity contribution in [3.63, 3.8) is 0 Å². The zero-order valence-corrected chi connectivity index (χ0v) is 38.4. The zero-order chi connectivity index (χ0) is 45.4. The minimum Gasteiger partial charge on any atom is -0.462 e. The summed E-state index contributed by atoms with van der Waals surface area (Å²) in [5.74, 6) is -0.914. The van der Waals surface area contributed by atoms with Gasteiger partial charge in [-0.3, -0.25) is 9.59 Å². The third-order valence-electron chi connectivity index (χ3n) is 12.1. The van der Waals surface area contributed by atoms with E-state index in [2.05, 4.69) is 13.8 Å². The molecule has 0 saturated carbocycles. The SMILES string of the molecule is CCCCCCCCCCCCCCCCCCC(=O)O[C@H](COC(=O)CCCCCCCCCCCC)CO[C@@H]1O[C@H](CO[C@@H]2O[C@H](CO)[C@H](O)C(O)C2O)[C@H](O)C(O)C1O. The number of carbonyl (C=O) groups excluding carboxylic acids is 2. The standard InChI is InChI=1S/C47H88O15/c1-3-5-7-9-11-13-15-16-17-18-19-20-22-24-26-28-30-39(50)60-35(32-57-38(49)29-27-25-23-21-14-12-10-8-6-4-2)33-58-46-45(56)43(54)41(52)37(62-46)34-59-47-44(55)42(53)40(51)36(31-48)61-47/h35-37,40-48,51-56H,3-34H2,1-2H3/t35-,36-,37-,40+,41+,42?,43?,44?,45?,46-,47-/m1/s1. The van der Waals surface area contributed by atoms with E-state index in [1.54, 1.807) is 0 Å². The molecule has 15 nitrogen and oxygen atoms in total. The van der Waals surface area contributed by atoms with E-state index in [1.807, 2.05) is 0 Å². The molecular weight excluding hydrogens is 805 g/mol. The van der Waals surface area contributed by atoms with Gasteiger partial charge in [0.05, 0.1) is 19.8 Å². The first-order valence-electron chi connectivity index (χ1n) is 24.6. The first-order valence-corrected chi connectivity index (χ1v) is 24.6. The molecule has 2 aliphatic heterocycles. The smallest absolute Gasteiger partial charge is 0.306 e. The average Bonchev–Trinajstić information content (AvgIpc) is 3.26. The van der Waals surface area contributed by atoms with Crippen LogP contribution in [0.1, 0.15) is 194 Å². The Hall–Kier alpha value is -1.50. The molecule has 7 N–H and O–H groups in total. The molecule has 0 aromatic heterocycles. The number of aliphatic hydroxyl groups is 7. The number of hydrogen-bond acceptors (Lipinski definition) is 15. The third-order valence-corrected chi connectivity index (χ3v) is 12.1. The first-order chi connectivity index (χ1) is 30.0. The van der Waals surface area contributed by atoms with Gasteiger partial charge in [-0.05, 0) is 12.8 Å². The Labute approximate surface area is 372 Å². The van der Waals surface area contributed by atoms with E-state index in [9.17, 15) is 45.3 Å². The molecule has 2 rings (SSSR count). The van der Waals surface area contributed by atoms with E-state index in [0.717, 1.165) is 38.5 Å². The van der Waals surface area contributed by atoms with Crippen molar-refractivity contribution in [1.82, 2.24) is 0 Å². The Morgan fingerprint density at radius 2 is 0.823 bits per heavy atom. The topological polar surface area (TPSA) is 231 Å². The fraction of sp³-hybridized carbons (Fsp3) is 0.957. The van der Waals surface area contributed by atoms with Gasteiger partial charge in [0.2, 0.25) is 0 Å². The van der Waals surface area contributed by atoms with Crippen molar-refractivity contribution < 1.29 is 73.8 Å². The monoisotopic (exact) mass is 893 g/mol. The summed E-state index contributed by atoms with van der Waals surface area (Å²) in [6.45, 7) is 2.59. The van der Waals surface area contributed by atoms with Crippen molar-refractivity contribution in [2.75, 3.05) is 26.4 Å². The Kier molecular flexibility index (Phi) is 32.6. The summed E-state index contributed by atoms with van der Waals surface area (Å²) in [6, 6.07) is 0. The molecule has 0 aromatic rings. The summed E-state index contributed by atoms with van der Waals surface area (Å²) >= 11 is 0. The van der Waals surface area contributed by atoms with Crippen LogP contribution < -0.4 is 0 Å². The van der Waals surface area contributed by atoms with Crippen LogP contribution in [0.4, 0.5) is 0 Å². The Morgan fingerprint density at radius 1 is 0.452 bits per heavy atom. The molecule has 366 valence electrons. The maximum Gasteiger partial charge on any atom is 0.306 e. The summed E-state index contributed by atoms with van der Waals surface area (Å²) in [7, 11) is 0. The molecule has 0 bridgehead atoms. The van der Waals surface area contributed by atoms with Crippen LogP contribution >= 0.6 is 0 Å². The van der Waals surface area contributed by atoms with Gasteiger partial charge in [0.1, 0.15) is 55.4 Å². The normalized spacial score (nSPS) is 27.0. The van der Waals surface area contributed by atoms with E-state index in [4.69, 9.17) is 28.4 Å². The van der Waals surface area contributed by atoms with Crippen LogP contribution in [0.3, 0.4) is 0 Å². The Morgan fingerprint density at radius 3 is 1.26 bits per heavy atom. The van der Waals surface area contributed by atoms with E-state index >= 15 is 0 Å². The summed E-state index contributed by atoms with van der Waals surface area (Å²) in [6.07, 6.45) is 14.3. The highest BCUT2D eigenvalue weighted by molar-refractivity contribution is 5.70. The van der Waals surface area contributed by atoms with Crippen molar-refractivity contribution in [1.29, 1.82) is 0 Å². The van der Waals surface area contributed by atoms with Gasteiger partial charge in [-0.25, -0.2) is 0 Å². The molecule has 2 saturated heterocycles. The minimum atomic E-state index is -1.76. The molecule has 0 spiro atoms. The van der Waals surface area contributed by atoms with Crippen LogP contribution in [0.25, 0.3) is 0 Å². The molecule has 11 atom stereocenters. The first kappa shape index (κ1) is 56.6. The second-order valence-electron chi connectivity index (χ2n) is 17.7. The molecule has 62 heavy (non-hydrogen) atoms. The Balaban J connectivity index is 1.81. The van der Waals surface area contributed by atoms with Crippen LogP contribution in [0, 0.1) is 0 Å². The lowest BCUT2D eigenvalue weighted by molar-refractivity contribution is -0.332. The highest BCUT2D eigenvalue weighted by atomic mass is 16.7.